The second-order valence-electron chi connectivity index (χ2n) is 5.13. The van der Waals surface area contributed by atoms with Crippen LogP contribution in [0.1, 0.15) is 52.1 Å². The summed E-state index contributed by atoms with van der Waals surface area (Å²) in [5.41, 5.74) is 7.01. The van der Waals surface area contributed by atoms with E-state index in [2.05, 4.69) is 5.32 Å². The van der Waals surface area contributed by atoms with Crippen LogP contribution in [0.15, 0.2) is 24.3 Å². The summed E-state index contributed by atoms with van der Waals surface area (Å²) in [6.45, 7) is 7.80. The van der Waals surface area contributed by atoms with Crippen molar-refractivity contribution in [3.05, 3.63) is 29.8 Å². The van der Waals surface area contributed by atoms with Gasteiger partial charge in [-0.25, -0.2) is 0 Å². The van der Waals surface area contributed by atoms with E-state index in [-0.39, 0.29) is 18.0 Å². The zero-order valence-corrected chi connectivity index (χ0v) is 12.8. The Bertz CT molecular complexity index is 434. The zero-order valence-electron chi connectivity index (χ0n) is 12.8. The molecule has 0 aliphatic heterocycles. The highest BCUT2D eigenvalue weighted by Gasteiger charge is 2.18. The maximum Gasteiger partial charge on any atom is 0.260 e. The highest BCUT2D eigenvalue weighted by atomic mass is 16.5. The lowest BCUT2D eigenvalue weighted by Crippen LogP contribution is -2.41. The SMILES string of the molecule is CCC(C)NC(=O)C(C)Oc1ccccc1[C@@H](N)CC. The van der Waals surface area contributed by atoms with Gasteiger partial charge in [-0.3, -0.25) is 4.79 Å². The lowest BCUT2D eigenvalue weighted by atomic mass is 10.0. The van der Waals surface area contributed by atoms with E-state index in [1.807, 2.05) is 45.0 Å². The summed E-state index contributed by atoms with van der Waals surface area (Å²) in [7, 11) is 0. The van der Waals surface area contributed by atoms with Gasteiger partial charge in [-0.2, -0.15) is 0 Å². The highest BCUT2D eigenvalue weighted by Crippen LogP contribution is 2.26. The predicted molar refractivity (Wildman–Crippen MR) is 81.6 cm³/mol. The van der Waals surface area contributed by atoms with Crippen LogP contribution in [0.2, 0.25) is 0 Å². The van der Waals surface area contributed by atoms with Gasteiger partial charge in [0.05, 0.1) is 0 Å². The van der Waals surface area contributed by atoms with E-state index >= 15 is 0 Å². The van der Waals surface area contributed by atoms with Gasteiger partial charge in [-0.15, -0.1) is 0 Å². The zero-order chi connectivity index (χ0) is 15.1. The molecule has 3 N–H and O–H groups in total. The average molecular weight is 278 g/mol. The Morgan fingerprint density at radius 1 is 1.25 bits per heavy atom. The van der Waals surface area contributed by atoms with Crippen molar-refractivity contribution >= 4 is 5.91 Å². The van der Waals surface area contributed by atoms with Crippen LogP contribution in [-0.2, 0) is 4.79 Å². The van der Waals surface area contributed by atoms with E-state index < -0.39 is 6.10 Å². The van der Waals surface area contributed by atoms with Crippen molar-refractivity contribution in [2.75, 3.05) is 0 Å². The average Bonchev–Trinajstić information content (AvgIpc) is 2.46. The molecule has 0 aromatic heterocycles. The number of carbonyl (C=O) groups excluding carboxylic acids is 1. The molecule has 3 atom stereocenters. The number of hydrogen-bond donors (Lipinski definition) is 2. The summed E-state index contributed by atoms with van der Waals surface area (Å²) in [6, 6.07) is 7.71. The number of ether oxygens (including phenoxy) is 1. The van der Waals surface area contributed by atoms with Crippen molar-refractivity contribution in [1.82, 2.24) is 5.32 Å². The third-order valence-electron chi connectivity index (χ3n) is 3.43. The molecular weight excluding hydrogens is 252 g/mol. The monoisotopic (exact) mass is 278 g/mol. The molecule has 0 heterocycles. The topological polar surface area (TPSA) is 64.3 Å². The van der Waals surface area contributed by atoms with E-state index in [0.717, 1.165) is 18.4 Å². The summed E-state index contributed by atoms with van der Waals surface area (Å²) in [4.78, 5) is 12.0. The van der Waals surface area contributed by atoms with E-state index in [4.69, 9.17) is 10.5 Å². The maximum atomic E-state index is 12.0. The van der Waals surface area contributed by atoms with Crippen LogP contribution in [-0.4, -0.2) is 18.1 Å². The van der Waals surface area contributed by atoms with Gasteiger partial charge in [0, 0.05) is 17.6 Å². The van der Waals surface area contributed by atoms with Crippen molar-refractivity contribution < 1.29 is 9.53 Å². The molecule has 1 aromatic carbocycles. The van der Waals surface area contributed by atoms with Crippen LogP contribution >= 0.6 is 0 Å². The number of carbonyl (C=O) groups is 1. The van der Waals surface area contributed by atoms with Crippen LogP contribution in [0.5, 0.6) is 5.75 Å². The Balaban J connectivity index is 2.75. The molecule has 1 aromatic rings. The van der Waals surface area contributed by atoms with Gasteiger partial charge in [0.15, 0.2) is 6.10 Å². The van der Waals surface area contributed by atoms with Crippen molar-refractivity contribution in [2.45, 2.75) is 58.7 Å². The van der Waals surface area contributed by atoms with Crippen LogP contribution in [0.4, 0.5) is 0 Å². The van der Waals surface area contributed by atoms with Crippen LogP contribution in [0, 0.1) is 0 Å². The van der Waals surface area contributed by atoms with Crippen molar-refractivity contribution in [3.63, 3.8) is 0 Å². The fraction of sp³-hybridized carbons (Fsp3) is 0.562. The van der Waals surface area contributed by atoms with Crippen molar-refractivity contribution in [2.24, 2.45) is 5.73 Å². The molecular formula is C16H26N2O2. The molecule has 0 saturated carbocycles. The molecule has 0 radical (unpaired) electrons. The smallest absolute Gasteiger partial charge is 0.260 e. The minimum absolute atomic E-state index is 0.0731. The first kappa shape index (κ1) is 16.5. The van der Waals surface area contributed by atoms with Gasteiger partial charge in [-0.05, 0) is 32.8 Å². The van der Waals surface area contributed by atoms with Crippen LogP contribution < -0.4 is 15.8 Å². The third-order valence-corrected chi connectivity index (χ3v) is 3.43. The molecule has 4 heteroatoms. The summed E-state index contributed by atoms with van der Waals surface area (Å²) in [5, 5.41) is 2.92. The minimum atomic E-state index is -0.533. The second kappa shape index (κ2) is 7.90. The Hall–Kier alpha value is -1.55. The number of nitrogens with one attached hydrogen (secondary N) is 1. The summed E-state index contributed by atoms with van der Waals surface area (Å²) < 4.78 is 5.78. The Morgan fingerprint density at radius 2 is 1.90 bits per heavy atom. The van der Waals surface area contributed by atoms with Gasteiger partial charge in [0.25, 0.3) is 5.91 Å². The predicted octanol–water partition coefficient (Wildman–Crippen LogP) is 2.78. The number of amides is 1. The number of rotatable bonds is 7. The first-order valence-corrected chi connectivity index (χ1v) is 7.31. The van der Waals surface area contributed by atoms with E-state index in [1.54, 1.807) is 6.92 Å². The highest BCUT2D eigenvalue weighted by molar-refractivity contribution is 5.81. The molecule has 112 valence electrons. The van der Waals surface area contributed by atoms with E-state index in [0.29, 0.717) is 5.75 Å². The molecule has 0 aliphatic rings. The first-order valence-electron chi connectivity index (χ1n) is 7.31. The molecule has 0 bridgehead atoms. The van der Waals surface area contributed by atoms with Crippen molar-refractivity contribution in [3.8, 4) is 5.75 Å². The molecule has 2 unspecified atom stereocenters. The molecule has 0 aliphatic carbocycles. The lowest BCUT2D eigenvalue weighted by Gasteiger charge is -2.21. The molecule has 1 amide bonds. The number of nitrogens with two attached hydrogens (primary N) is 1. The molecule has 20 heavy (non-hydrogen) atoms. The number of benzene rings is 1. The van der Waals surface area contributed by atoms with Gasteiger partial charge in [-0.1, -0.05) is 32.0 Å². The van der Waals surface area contributed by atoms with Gasteiger partial charge < -0.3 is 15.8 Å². The van der Waals surface area contributed by atoms with E-state index in [9.17, 15) is 4.79 Å². The molecule has 0 fully saturated rings. The molecule has 1 rings (SSSR count). The maximum absolute atomic E-state index is 12.0. The third kappa shape index (κ3) is 4.53. The minimum Gasteiger partial charge on any atom is -0.481 e. The fourth-order valence-electron chi connectivity index (χ4n) is 1.82. The normalized spacial score (nSPS) is 15.2. The number of hydrogen-bond acceptors (Lipinski definition) is 3. The molecule has 0 spiro atoms. The van der Waals surface area contributed by atoms with Crippen LogP contribution in [0.3, 0.4) is 0 Å². The Morgan fingerprint density at radius 3 is 2.50 bits per heavy atom. The summed E-state index contributed by atoms with van der Waals surface area (Å²) in [6.07, 6.45) is 1.19. The lowest BCUT2D eigenvalue weighted by molar-refractivity contribution is -0.127. The fourth-order valence-corrected chi connectivity index (χ4v) is 1.82. The number of para-hydroxylation sites is 1. The first-order chi connectivity index (χ1) is 9.49. The summed E-state index contributed by atoms with van der Waals surface area (Å²) >= 11 is 0. The standard InChI is InChI=1S/C16H26N2O2/c1-5-11(3)18-16(19)12(4)20-15-10-8-7-9-13(15)14(17)6-2/h7-12,14H,5-6,17H2,1-4H3,(H,18,19)/t11?,12?,14-/m0/s1. The van der Waals surface area contributed by atoms with Gasteiger partial charge in [0.1, 0.15) is 5.75 Å². The Labute approximate surface area is 121 Å². The molecule has 0 saturated heterocycles. The second-order valence-corrected chi connectivity index (χ2v) is 5.13. The van der Waals surface area contributed by atoms with Crippen molar-refractivity contribution in [1.29, 1.82) is 0 Å². The molecule has 4 nitrogen and oxygen atoms in total. The van der Waals surface area contributed by atoms with E-state index in [1.165, 1.54) is 0 Å². The van der Waals surface area contributed by atoms with Crippen LogP contribution in [0.25, 0.3) is 0 Å². The van der Waals surface area contributed by atoms with Gasteiger partial charge >= 0.3 is 0 Å². The largest absolute Gasteiger partial charge is 0.481 e. The van der Waals surface area contributed by atoms with Gasteiger partial charge in [0.2, 0.25) is 0 Å². The quantitative estimate of drug-likeness (QED) is 0.806. The summed E-state index contributed by atoms with van der Waals surface area (Å²) in [5.74, 6) is 0.591. The Kier molecular flexibility index (Phi) is 6.52.